The minimum atomic E-state index is -1.10. The highest BCUT2D eigenvalue weighted by atomic mass is 79.9. The number of halogens is 1. The number of carbonyl (C=O) groups excluding carboxylic acids is 2. The molecule has 3 aromatic rings. The number of rotatable bonds is 9. The zero-order valence-corrected chi connectivity index (χ0v) is 19.0. The van der Waals surface area contributed by atoms with Gasteiger partial charge in [-0.3, -0.25) is 9.59 Å². The summed E-state index contributed by atoms with van der Waals surface area (Å²) >= 11 is 4.73. The maximum Gasteiger partial charge on any atom is 0.328 e. The summed E-state index contributed by atoms with van der Waals surface area (Å²) in [6, 6.07) is 11.4. The highest BCUT2D eigenvalue weighted by Crippen LogP contribution is 2.28. The molecule has 1 heterocycles. The number of amides is 1. The molecule has 0 bridgehead atoms. The maximum atomic E-state index is 12.4. The predicted octanol–water partition coefficient (Wildman–Crippen LogP) is 3.46. The molecule has 3 N–H and O–H groups in total. The van der Waals surface area contributed by atoms with E-state index in [2.05, 4.69) is 36.3 Å². The predicted molar refractivity (Wildman–Crippen MR) is 121 cm³/mol. The molecule has 1 atom stereocenters. The second-order valence-electron chi connectivity index (χ2n) is 6.65. The average molecular weight is 506 g/mol. The van der Waals surface area contributed by atoms with Crippen molar-refractivity contribution in [3.63, 3.8) is 0 Å². The topological polar surface area (TPSA) is 118 Å². The van der Waals surface area contributed by atoms with Crippen LogP contribution in [0.2, 0.25) is 0 Å². The summed E-state index contributed by atoms with van der Waals surface area (Å²) < 4.78 is 6.43. The number of esters is 1. The molecule has 0 aliphatic heterocycles. The van der Waals surface area contributed by atoms with Gasteiger partial charge in [0.25, 0.3) is 5.91 Å². The third-order valence-corrected chi connectivity index (χ3v) is 5.92. The Morgan fingerprint density at radius 2 is 1.94 bits per heavy atom. The van der Waals surface area contributed by atoms with Crippen molar-refractivity contribution in [3.05, 3.63) is 58.1 Å². The van der Waals surface area contributed by atoms with E-state index in [1.807, 2.05) is 18.2 Å². The summed E-state index contributed by atoms with van der Waals surface area (Å²) in [6.07, 6.45) is 0.773. The zero-order chi connectivity index (χ0) is 22.4. The molecule has 0 saturated heterocycles. The molecule has 1 aromatic heterocycles. The Labute approximate surface area is 190 Å². The van der Waals surface area contributed by atoms with Gasteiger partial charge in [-0.05, 0) is 42.3 Å². The van der Waals surface area contributed by atoms with Gasteiger partial charge in [-0.25, -0.2) is 9.78 Å². The Balaban J connectivity index is 1.58. The summed E-state index contributed by atoms with van der Waals surface area (Å²) in [4.78, 5) is 39.6. The maximum absolute atomic E-state index is 12.4. The van der Waals surface area contributed by atoms with E-state index in [1.165, 1.54) is 18.4 Å². The molecule has 0 unspecified atom stereocenters. The number of hydrogen-bond donors (Lipinski definition) is 3. The van der Waals surface area contributed by atoms with Crippen LogP contribution in [0, 0.1) is 0 Å². The van der Waals surface area contributed by atoms with Crippen molar-refractivity contribution in [2.45, 2.75) is 18.9 Å². The number of aromatic nitrogens is 1. The number of aliphatic carboxylic acids is 1. The summed E-state index contributed by atoms with van der Waals surface area (Å²) in [6.45, 7) is -0.113. The van der Waals surface area contributed by atoms with Gasteiger partial charge in [0.15, 0.2) is 5.13 Å². The molecular formula is C21H20BrN3O5S. The number of nitrogens with zero attached hydrogens (tertiary/aromatic N) is 1. The first-order valence-electron chi connectivity index (χ1n) is 9.35. The van der Waals surface area contributed by atoms with Gasteiger partial charge in [0.1, 0.15) is 6.04 Å². The first-order valence-corrected chi connectivity index (χ1v) is 11.0. The van der Waals surface area contributed by atoms with Gasteiger partial charge in [0.2, 0.25) is 0 Å². The number of carboxylic acid groups (broad SMARTS) is 1. The number of ether oxygens (including phenoxy) is 1. The van der Waals surface area contributed by atoms with Crippen LogP contribution in [0.25, 0.3) is 10.2 Å². The Morgan fingerprint density at radius 1 is 1.19 bits per heavy atom. The van der Waals surface area contributed by atoms with Gasteiger partial charge in [-0.1, -0.05) is 39.4 Å². The van der Waals surface area contributed by atoms with E-state index in [1.54, 1.807) is 24.3 Å². The molecule has 0 fully saturated rings. The van der Waals surface area contributed by atoms with Crippen molar-refractivity contribution in [2.24, 2.45) is 0 Å². The molecule has 0 saturated carbocycles. The Bertz CT molecular complexity index is 1100. The number of benzene rings is 2. The highest BCUT2D eigenvalue weighted by Gasteiger charge is 2.20. The van der Waals surface area contributed by atoms with Crippen LogP contribution in [-0.4, -0.2) is 47.6 Å². The number of aryl methyl sites for hydroxylation is 1. The number of methoxy groups -OCH3 is 1. The fraction of sp³-hybridized carbons (Fsp3) is 0.238. The molecular weight excluding hydrogens is 486 g/mol. The first-order chi connectivity index (χ1) is 14.9. The summed E-state index contributed by atoms with van der Waals surface area (Å²) in [5, 5.41) is 15.5. The summed E-state index contributed by atoms with van der Waals surface area (Å²) in [7, 11) is 1.34. The molecule has 3 rings (SSSR count). The van der Waals surface area contributed by atoms with Crippen molar-refractivity contribution >= 4 is 60.5 Å². The van der Waals surface area contributed by atoms with Crippen LogP contribution in [0.4, 0.5) is 5.13 Å². The number of carboxylic acids is 1. The fourth-order valence-corrected chi connectivity index (χ4v) is 4.25. The third kappa shape index (κ3) is 6.25. The third-order valence-electron chi connectivity index (χ3n) is 4.47. The zero-order valence-electron chi connectivity index (χ0n) is 16.6. The molecule has 1 amide bonds. The normalized spacial score (nSPS) is 11.7. The van der Waals surface area contributed by atoms with Crippen molar-refractivity contribution < 1.29 is 24.2 Å². The Kier molecular flexibility index (Phi) is 7.59. The molecule has 0 aliphatic carbocycles. The smallest absolute Gasteiger partial charge is 0.328 e. The number of anilines is 1. The standard InChI is InChI=1S/C21H20BrN3O5S/c1-30-18(26)9-4-12-2-5-13(6-3-12)19(27)23-11-16(20(28)29)25-21-24-15-8-7-14(22)10-17(15)31-21/h2-3,5-8,10,16H,4,9,11H2,1H3,(H,23,27)(H,24,25)(H,28,29)/t16-/m0/s1. The van der Waals surface area contributed by atoms with E-state index in [9.17, 15) is 19.5 Å². The molecule has 2 aromatic carbocycles. The van der Waals surface area contributed by atoms with Gasteiger partial charge < -0.3 is 20.5 Å². The number of carbonyl (C=O) groups is 3. The second kappa shape index (κ2) is 10.4. The molecule has 8 nitrogen and oxygen atoms in total. The van der Waals surface area contributed by atoms with E-state index in [-0.39, 0.29) is 24.8 Å². The van der Waals surface area contributed by atoms with E-state index >= 15 is 0 Å². The second-order valence-corrected chi connectivity index (χ2v) is 8.60. The van der Waals surface area contributed by atoms with Gasteiger partial charge in [-0.15, -0.1) is 0 Å². The lowest BCUT2D eigenvalue weighted by Gasteiger charge is -2.14. The number of hydrogen-bond acceptors (Lipinski definition) is 7. The first kappa shape index (κ1) is 22.7. The lowest BCUT2D eigenvalue weighted by molar-refractivity contribution is -0.140. The van der Waals surface area contributed by atoms with Crippen LogP contribution < -0.4 is 10.6 Å². The van der Waals surface area contributed by atoms with Gasteiger partial charge in [-0.2, -0.15) is 0 Å². The van der Waals surface area contributed by atoms with E-state index in [4.69, 9.17) is 0 Å². The molecule has 10 heteroatoms. The van der Waals surface area contributed by atoms with Crippen LogP contribution in [0.1, 0.15) is 22.3 Å². The molecule has 162 valence electrons. The van der Waals surface area contributed by atoms with E-state index in [0.717, 1.165) is 20.3 Å². The lowest BCUT2D eigenvalue weighted by Crippen LogP contribution is -2.41. The van der Waals surface area contributed by atoms with Crippen molar-refractivity contribution in [1.82, 2.24) is 10.3 Å². The van der Waals surface area contributed by atoms with Crippen LogP contribution in [0.3, 0.4) is 0 Å². The van der Waals surface area contributed by atoms with Crippen molar-refractivity contribution in [2.75, 3.05) is 19.0 Å². The van der Waals surface area contributed by atoms with Gasteiger partial charge >= 0.3 is 11.9 Å². The van der Waals surface area contributed by atoms with E-state index < -0.39 is 12.0 Å². The molecule has 0 spiro atoms. The number of thiazole rings is 1. The fourth-order valence-electron chi connectivity index (χ4n) is 2.78. The van der Waals surface area contributed by atoms with Gasteiger partial charge in [0, 0.05) is 23.0 Å². The quantitative estimate of drug-likeness (QED) is 0.381. The van der Waals surface area contributed by atoms with Crippen LogP contribution >= 0.6 is 27.3 Å². The summed E-state index contributed by atoms with van der Waals surface area (Å²) in [5.74, 6) is -1.78. The monoisotopic (exact) mass is 505 g/mol. The summed E-state index contributed by atoms with van der Waals surface area (Å²) in [5.41, 5.74) is 2.06. The number of fused-ring (bicyclic) bond motifs is 1. The molecule has 31 heavy (non-hydrogen) atoms. The lowest BCUT2D eigenvalue weighted by atomic mass is 10.1. The van der Waals surface area contributed by atoms with Crippen molar-refractivity contribution in [3.8, 4) is 0 Å². The van der Waals surface area contributed by atoms with Gasteiger partial charge in [0.05, 0.1) is 17.3 Å². The highest BCUT2D eigenvalue weighted by molar-refractivity contribution is 9.10. The molecule has 0 radical (unpaired) electrons. The SMILES string of the molecule is COC(=O)CCc1ccc(C(=O)NC[C@H](Nc2nc3ccc(Br)cc3s2)C(=O)O)cc1. The largest absolute Gasteiger partial charge is 0.480 e. The van der Waals surface area contributed by atoms with Crippen LogP contribution in [0.5, 0.6) is 0 Å². The van der Waals surface area contributed by atoms with E-state index in [0.29, 0.717) is 17.1 Å². The van der Waals surface area contributed by atoms with Crippen LogP contribution in [0.15, 0.2) is 46.9 Å². The molecule has 0 aliphatic rings. The Morgan fingerprint density at radius 3 is 2.61 bits per heavy atom. The Hall–Kier alpha value is -2.98. The minimum absolute atomic E-state index is 0.113. The van der Waals surface area contributed by atoms with Crippen LogP contribution in [-0.2, 0) is 20.7 Å². The minimum Gasteiger partial charge on any atom is -0.480 e. The average Bonchev–Trinajstić information content (AvgIpc) is 3.16. The van der Waals surface area contributed by atoms with Crippen molar-refractivity contribution in [1.29, 1.82) is 0 Å². The number of nitrogens with one attached hydrogen (secondary N) is 2.